The van der Waals surface area contributed by atoms with Gasteiger partial charge in [-0.1, -0.05) is 0 Å². The first-order valence-electron chi connectivity index (χ1n) is 8.66. The number of methoxy groups -OCH3 is 2. The fourth-order valence-electron chi connectivity index (χ4n) is 3.46. The number of hydrogen-bond acceptors (Lipinski definition) is 5. The fraction of sp³-hybridized carbons (Fsp3) is 0.611. The van der Waals surface area contributed by atoms with Crippen molar-refractivity contribution in [2.24, 2.45) is 0 Å². The fourth-order valence-corrected chi connectivity index (χ4v) is 3.46. The molecule has 0 aromatic heterocycles. The molecule has 1 N–H and O–H groups in total. The molecule has 6 nitrogen and oxygen atoms in total. The maximum atomic E-state index is 12.4. The molecule has 0 saturated carbocycles. The minimum absolute atomic E-state index is 0.0409. The highest BCUT2D eigenvalue weighted by molar-refractivity contribution is 5.82. The van der Waals surface area contributed by atoms with Crippen LogP contribution in [0, 0.1) is 0 Å². The van der Waals surface area contributed by atoms with E-state index >= 15 is 0 Å². The number of nitrogens with one attached hydrogen (secondary N) is 1. The zero-order valence-electron chi connectivity index (χ0n) is 14.6. The van der Waals surface area contributed by atoms with E-state index in [1.807, 2.05) is 23.1 Å². The molecule has 2 heterocycles. The highest BCUT2D eigenvalue weighted by atomic mass is 16.5. The predicted octanol–water partition coefficient (Wildman–Crippen LogP) is 1.10. The Labute approximate surface area is 143 Å². The summed E-state index contributed by atoms with van der Waals surface area (Å²) >= 11 is 0. The Bertz CT molecular complexity index is 542. The Hall–Kier alpha value is -1.79. The molecule has 0 aliphatic carbocycles. The Kier molecular flexibility index (Phi) is 5.58. The van der Waals surface area contributed by atoms with Crippen LogP contribution in [-0.2, 0) is 11.3 Å². The molecule has 2 aliphatic rings. The van der Waals surface area contributed by atoms with Gasteiger partial charge >= 0.3 is 0 Å². The number of benzene rings is 1. The molecule has 0 bridgehead atoms. The second-order valence-corrected chi connectivity index (χ2v) is 6.47. The van der Waals surface area contributed by atoms with Crippen molar-refractivity contribution in [1.82, 2.24) is 15.1 Å². The highest BCUT2D eigenvalue weighted by Crippen LogP contribution is 2.23. The topological polar surface area (TPSA) is 54.0 Å². The maximum absolute atomic E-state index is 12.4. The number of nitrogens with zero attached hydrogens (tertiary/aromatic N) is 2. The van der Waals surface area contributed by atoms with Crippen molar-refractivity contribution < 1.29 is 14.3 Å². The van der Waals surface area contributed by atoms with Gasteiger partial charge in [0.05, 0.1) is 20.3 Å². The van der Waals surface area contributed by atoms with E-state index in [1.165, 1.54) is 5.56 Å². The summed E-state index contributed by atoms with van der Waals surface area (Å²) in [6.07, 6.45) is 2.08. The molecule has 132 valence electrons. The van der Waals surface area contributed by atoms with E-state index in [0.717, 1.165) is 63.6 Å². The normalized spacial score (nSPS) is 21.8. The molecule has 1 amide bonds. The van der Waals surface area contributed by atoms with E-state index in [9.17, 15) is 4.79 Å². The molecule has 1 aromatic carbocycles. The first kappa shape index (κ1) is 17.0. The molecule has 6 heteroatoms. The summed E-state index contributed by atoms with van der Waals surface area (Å²) in [5.41, 5.74) is 1.17. The summed E-state index contributed by atoms with van der Waals surface area (Å²) in [7, 11) is 3.33. The molecule has 3 rings (SSSR count). The maximum Gasteiger partial charge on any atom is 0.239 e. The number of hydrogen-bond donors (Lipinski definition) is 1. The molecule has 24 heavy (non-hydrogen) atoms. The average Bonchev–Trinajstić information content (AvgIpc) is 3.16. The molecular weight excluding hydrogens is 306 g/mol. The Morgan fingerprint density at radius 3 is 2.33 bits per heavy atom. The molecule has 1 aromatic rings. The lowest BCUT2D eigenvalue weighted by Crippen LogP contribution is -2.52. The SMILES string of the molecule is COc1cc(CN2CCN(C(=O)C3CCCN3)CC2)cc(OC)c1. The van der Waals surface area contributed by atoms with Crippen LogP contribution in [0.1, 0.15) is 18.4 Å². The Balaban J connectivity index is 1.54. The Morgan fingerprint density at radius 1 is 1.12 bits per heavy atom. The lowest BCUT2D eigenvalue weighted by Gasteiger charge is -2.36. The summed E-state index contributed by atoms with van der Waals surface area (Å²) in [6.45, 7) is 5.22. The average molecular weight is 333 g/mol. The van der Waals surface area contributed by atoms with Gasteiger partial charge in [-0.25, -0.2) is 0 Å². The molecule has 2 saturated heterocycles. The van der Waals surface area contributed by atoms with Crippen LogP contribution in [-0.4, -0.2) is 68.7 Å². The van der Waals surface area contributed by atoms with Gasteiger partial charge in [-0.2, -0.15) is 0 Å². The summed E-state index contributed by atoms with van der Waals surface area (Å²) < 4.78 is 10.7. The van der Waals surface area contributed by atoms with Gasteiger partial charge in [-0.15, -0.1) is 0 Å². The molecular formula is C18H27N3O3. The van der Waals surface area contributed by atoms with E-state index in [-0.39, 0.29) is 11.9 Å². The minimum atomic E-state index is 0.0409. The van der Waals surface area contributed by atoms with Gasteiger partial charge in [-0.05, 0) is 37.1 Å². The third-order valence-corrected chi connectivity index (χ3v) is 4.86. The van der Waals surface area contributed by atoms with Crippen molar-refractivity contribution in [3.63, 3.8) is 0 Å². The molecule has 2 fully saturated rings. The molecule has 1 atom stereocenters. The van der Waals surface area contributed by atoms with Crippen LogP contribution in [0.4, 0.5) is 0 Å². The third kappa shape index (κ3) is 3.99. The first-order chi connectivity index (χ1) is 11.7. The number of rotatable bonds is 5. The van der Waals surface area contributed by atoms with Crippen LogP contribution in [0.3, 0.4) is 0 Å². The lowest BCUT2D eigenvalue weighted by atomic mass is 10.1. The third-order valence-electron chi connectivity index (χ3n) is 4.86. The summed E-state index contributed by atoms with van der Waals surface area (Å²) in [6, 6.07) is 6.01. The number of carbonyl (C=O) groups is 1. The molecule has 0 radical (unpaired) electrons. The van der Waals surface area contributed by atoms with E-state index in [4.69, 9.17) is 9.47 Å². The smallest absolute Gasteiger partial charge is 0.239 e. The number of ether oxygens (including phenoxy) is 2. The van der Waals surface area contributed by atoms with Gasteiger partial charge in [0.1, 0.15) is 11.5 Å². The second kappa shape index (κ2) is 7.85. The van der Waals surface area contributed by atoms with E-state index < -0.39 is 0 Å². The largest absolute Gasteiger partial charge is 0.497 e. The molecule has 0 spiro atoms. The van der Waals surface area contributed by atoms with E-state index in [2.05, 4.69) is 10.2 Å². The van der Waals surface area contributed by atoms with E-state index in [0.29, 0.717) is 0 Å². The first-order valence-corrected chi connectivity index (χ1v) is 8.66. The zero-order chi connectivity index (χ0) is 16.9. The van der Waals surface area contributed by atoms with Crippen molar-refractivity contribution in [3.05, 3.63) is 23.8 Å². The van der Waals surface area contributed by atoms with Gasteiger partial charge in [0.15, 0.2) is 0 Å². The monoisotopic (exact) mass is 333 g/mol. The van der Waals surface area contributed by atoms with Crippen molar-refractivity contribution in [2.45, 2.75) is 25.4 Å². The van der Waals surface area contributed by atoms with E-state index in [1.54, 1.807) is 14.2 Å². The van der Waals surface area contributed by atoms with Gasteiger partial charge in [0, 0.05) is 38.8 Å². The summed E-state index contributed by atoms with van der Waals surface area (Å²) in [5, 5.41) is 3.30. The standard InChI is InChI=1S/C18H27N3O3/c1-23-15-10-14(11-16(12-15)24-2)13-20-6-8-21(9-7-20)18(22)17-4-3-5-19-17/h10-12,17,19H,3-9,13H2,1-2H3. The van der Waals surface area contributed by atoms with Crippen LogP contribution in [0.5, 0.6) is 11.5 Å². The van der Waals surface area contributed by atoms with Crippen molar-refractivity contribution in [1.29, 1.82) is 0 Å². The zero-order valence-corrected chi connectivity index (χ0v) is 14.6. The minimum Gasteiger partial charge on any atom is -0.497 e. The number of carbonyl (C=O) groups excluding carboxylic acids is 1. The summed E-state index contributed by atoms with van der Waals surface area (Å²) in [4.78, 5) is 16.8. The molecule has 1 unspecified atom stereocenters. The van der Waals surface area contributed by atoms with Crippen LogP contribution in [0.25, 0.3) is 0 Å². The molecule has 2 aliphatic heterocycles. The van der Waals surface area contributed by atoms with Crippen molar-refractivity contribution in [3.8, 4) is 11.5 Å². The number of piperazine rings is 1. The van der Waals surface area contributed by atoms with Crippen LogP contribution >= 0.6 is 0 Å². The summed E-state index contributed by atoms with van der Waals surface area (Å²) in [5.74, 6) is 1.89. The van der Waals surface area contributed by atoms with Gasteiger partial charge in [0.25, 0.3) is 0 Å². The highest BCUT2D eigenvalue weighted by Gasteiger charge is 2.29. The van der Waals surface area contributed by atoms with Crippen LogP contribution in [0.15, 0.2) is 18.2 Å². The predicted molar refractivity (Wildman–Crippen MR) is 92.4 cm³/mol. The lowest BCUT2D eigenvalue weighted by molar-refractivity contribution is -0.134. The van der Waals surface area contributed by atoms with Crippen LogP contribution in [0.2, 0.25) is 0 Å². The van der Waals surface area contributed by atoms with Gasteiger partial charge in [-0.3, -0.25) is 9.69 Å². The second-order valence-electron chi connectivity index (χ2n) is 6.47. The van der Waals surface area contributed by atoms with Crippen LogP contribution < -0.4 is 14.8 Å². The van der Waals surface area contributed by atoms with Gasteiger partial charge < -0.3 is 19.7 Å². The van der Waals surface area contributed by atoms with Gasteiger partial charge in [0.2, 0.25) is 5.91 Å². The quantitative estimate of drug-likeness (QED) is 0.874. The van der Waals surface area contributed by atoms with Crippen molar-refractivity contribution >= 4 is 5.91 Å². The number of amides is 1. The Morgan fingerprint density at radius 2 is 1.79 bits per heavy atom. The van der Waals surface area contributed by atoms with Crippen molar-refractivity contribution in [2.75, 3.05) is 46.9 Å².